The molecule has 4 nitrogen and oxygen atoms in total. The highest BCUT2D eigenvalue weighted by atomic mass is 32.2. The van der Waals surface area contributed by atoms with Crippen LogP contribution in [0.3, 0.4) is 0 Å². The fraction of sp³-hybridized carbons (Fsp3) is 0.308. The highest BCUT2D eigenvalue weighted by Gasteiger charge is 2.19. The van der Waals surface area contributed by atoms with Crippen LogP contribution in [-0.2, 0) is 16.6 Å². The lowest BCUT2D eigenvalue weighted by atomic mass is 10.1. The van der Waals surface area contributed by atoms with Crippen LogP contribution in [0.25, 0.3) is 11.3 Å². The molecule has 21 heavy (non-hydrogen) atoms. The van der Waals surface area contributed by atoms with Gasteiger partial charge in [0.15, 0.2) is 0 Å². The Morgan fingerprint density at radius 1 is 1.29 bits per heavy atom. The summed E-state index contributed by atoms with van der Waals surface area (Å²) in [6.07, 6.45) is 0. The van der Waals surface area contributed by atoms with E-state index >= 15 is 0 Å². The summed E-state index contributed by atoms with van der Waals surface area (Å²) in [5.74, 6) is -1.40. The van der Waals surface area contributed by atoms with E-state index in [0.29, 0.717) is 5.01 Å². The normalized spacial score (nSPS) is 12.0. The highest BCUT2D eigenvalue weighted by molar-refractivity contribution is 7.89. The first-order chi connectivity index (χ1) is 9.85. The Morgan fingerprint density at radius 2 is 1.90 bits per heavy atom. The minimum Gasteiger partial charge on any atom is -0.240 e. The van der Waals surface area contributed by atoms with Crippen LogP contribution in [-0.4, -0.2) is 30.5 Å². The molecule has 0 aliphatic carbocycles. The average molecular weight is 332 g/mol. The van der Waals surface area contributed by atoms with Crippen molar-refractivity contribution in [3.8, 4) is 11.3 Å². The predicted molar refractivity (Wildman–Crippen MR) is 78.4 cm³/mol. The van der Waals surface area contributed by atoms with Gasteiger partial charge in [0.05, 0.1) is 23.6 Å². The van der Waals surface area contributed by atoms with Crippen LogP contribution in [0.4, 0.5) is 8.78 Å². The van der Waals surface area contributed by atoms with Crippen LogP contribution in [0.5, 0.6) is 0 Å². The number of halogens is 2. The van der Waals surface area contributed by atoms with Gasteiger partial charge in [-0.25, -0.2) is 22.2 Å². The molecule has 1 aromatic carbocycles. The third kappa shape index (κ3) is 3.45. The molecule has 2 rings (SSSR count). The quantitative estimate of drug-likeness (QED) is 0.846. The van der Waals surface area contributed by atoms with Crippen LogP contribution in [0, 0.1) is 11.6 Å². The van der Waals surface area contributed by atoms with Crippen LogP contribution in [0.15, 0.2) is 23.6 Å². The van der Waals surface area contributed by atoms with Crippen LogP contribution in [0.1, 0.15) is 11.9 Å². The fourth-order valence-electron chi connectivity index (χ4n) is 1.75. The molecule has 114 valence electrons. The first kappa shape index (κ1) is 16.0. The molecule has 0 bridgehead atoms. The second-order valence-corrected chi connectivity index (χ2v) is 7.69. The number of aromatic nitrogens is 1. The zero-order valence-corrected chi connectivity index (χ0v) is 13.1. The van der Waals surface area contributed by atoms with Crippen molar-refractivity contribution in [1.82, 2.24) is 9.29 Å². The highest BCUT2D eigenvalue weighted by Crippen LogP contribution is 2.27. The summed E-state index contributed by atoms with van der Waals surface area (Å²) in [6, 6.07) is 3.60. The van der Waals surface area contributed by atoms with Gasteiger partial charge >= 0.3 is 0 Å². The molecule has 0 saturated carbocycles. The average Bonchev–Trinajstić information content (AvgIpc) is 2.86. The lowest BCUT2D eigenvalue weighted by molar-refractivity contribution is 0.467. The fourth-order valence-corrected chi connectivity index (χ4v) is 3.43. The molecule has 1 heterocycles. The molecule has 0 aliphatic heterocycles. The van der Waals surface area contributed by atoms with E-state index in [-0.39, 0.29) is 23.6 Å². The van der Waals surface area contributed by atoms with Gasteiger partial charge in [-0.3, -0.25) is 0 Å². The Hall–Kier alpha value is -1.38. The van der Waals surface area contributed by atoms with Gasteiger partial charge in [-0.1, -0.05) is 6.07 Å². The topological polar surface area (TPSA) is 50.3 Å². The van der Waals surface area contributed by atoms with Gasteiger partial charge in [0, 0.05) is 12.4 Å². The first-order valence-corrected chi connectivity index (χ1v) is 8.67. The number of nitrogens with zero attached hydrogens (tertiary/aromatic N) is 2. The van der Waals surface area contributed by atoms with Crippen molar-refractivity contribution < 1.29 is 17.2 Å². The van der Waals surface area contributed by atoms with Crippen molar-refractivity contribution in [1.29, 1.82) is 0 Å². The predicted octanol–water partition coefficient (Wildman–Crippen LogP) is 2.87. The van der Waals surface area contributed by atoms with Gasteiger partial charge < -0.3 is 0 Å². The van der Waals surface area contributed by atoms with Crippen LogP contribution in [0.2, 0.25) is 0 Å². The van der Waals surface area contributed by atoms with E-state index in [2.05, 4.69) is 4.98 Å². The van der Waals surface area contributed by atoms with Crippen LogP contribution < -0.4 is 0 Å². The van der Waals surface area contributed by atoms with E-state index in [4.69, 9.17) is 0 Å². The van der Waals surface area contributed by atoms with Gasteiger partial charge in [-0.15, -0.1) is 11.3 Å². The van der Waals surface area contributed by atoms with Crippen molar-refractivity contribution >= 4 is 21.4 Å². The SMILES string of the molecule is CCS(=O)(=O)N(C)Cc1nc(-c2c(F)cccc2F)cs1. The summed E-state index contributed by atoms with van der Waals surface area (Å²) in [5.41, 5.74) is -0.0195. The lowest BCUT2D eigenvalue weighted by Gasteiger charge is -2.13. The van der Waals surface area contributed by atoms with Crippen molar-refractivity contribution in [3.63, 3.8) is 0 Å². The maximum atomic E-state index is 13.7. The maximum absolute atomic E-state index is 13.7. The molecular formula is C13H14F2N2O2S2. The third-order valence-electron chi connectivity index (χ3n) is 2.97. The Labute approximate surface area is 126 Å². The number of hydrogen-bond donors (Lipinski definition) is 0. The summed E-state index contributed by atoms with van der Waals surface area (Å²) in [6.45, 7) is 1.63. The molecule has 0 unspecified atom stereocenters. The molecular weight excluding hydrogens is 318 g/mol. The third-order valence-corrected chi connectivity index (χ3v) is 5.61. The molecule has 0 N–H and O–H groups in total. The van der Waals surface area contributed by atoms with E-state index in [9.17, 15) is 17.2 Å². The minimum atomic E-state index is -3.32. The Kier molecular flexibility index (Phi) is 4.70. The Morgan fingerprint density at radius 3 is 2.48 bits per heavy atom. The Balaban J connectivity index is 2.27. The molecule has 0 saturated heterocycles. The molecule has 0 spiro atoms. The maximum Gasteiger partial charge on any atom is 0.213 e. The van der Waals surface area contributed by atoms with Gasteiger partial charge in [0.2, 0.25) is 10.0 Å². The molecule has 0 aliphatic rings. The summed E-state index contributed by atoms with van der Waals surface area (Å²) >= 11 is 1.17. The van der Waals surface area contributed by atoms with E-state index in [1.54, 1.807) is 6.92 Å². The zero-order chi connectivity index (χ0) is 15.6. The molecule has 0 atom stereocenters. The van der Waals surface area contributed by atoms with Gasteiger partial charge in [-0.2, -0.15) is 4.31 Å². The van der Waals surface area contributed by atoms with E-state index in [1.165, 1.54) is 34.1 Å². The number of thiazole rings is 1. The zero-order valence-electron chi connectivity index (χ0n) is 11.5. The Bertz CT molecular complexity index is 724. The van der Waals surface area contributed by atoms with E-state index in [0.717, 1.165) is 12.1 Å². The number of benzene rings is 1. The summed E-state index contributed by atoms with van der Waals surface area (Å²) < 4.78 is 51.9. The molecule has 0 amide bonds. The molecule has 1 aromatic heterocycles. The minimum absolute atomic E-state index is 0.0102. The smallest absolute Gasteiger partial charge is 0.213 e. The van der Waals surface area contributed by atoms with Crippen molar-refractivity contribution in [3.05, 3.63) is 40.2 Å². The lowest BCUT2D eigenvalue weighted by Crippen LogP contribution is -2.27. The van der Waals surface area contributed by atoms with Crippen molar-refractivity contribution in [2.45, 2.75) is 13.5 Å². The largest absolute Gasteiger partial charge is 0.240 e. The van der Waals surface area contributed by atoms with E-state index < -0.39 is 21.7 Å². The van der Waals surface area contributed by atoms with Gasteiger partial charge in [-0.05, 0) is 19.1 Å². The van der Waals surface area contributed by atoms with Gasteiger partial charge in [0.25, 0.3) is 0 Å². The molecule has 0 radical (unpaired) electrons. The summed E-state index contributed by atoms with van der Waals surface area (Å²) in [7, 11) is -1.87. The molecule has 0 fully saturated rings. The number of hydrogen-bond acceptors (Lipinski definition) is 4. The van der Waals surface area contributed by atoms with Crippen LogP contribution >= 0.6 is 11.3 Å². The second kappa shape index (κ2) is 6.17. The summed E-state index contributed by atoms with van der Waals surface area (Å²) in [4.78, 5) is 4.12. The summed E-state index contributed by atoms with van der Waals surface area (Å²) in [5, 5.41) is 2.00. The molecule has 8 heteroatoms. The van der Waals surface area contributed by atoms with Crippen molar-refractivity contribution in [2.24, 2.45) is 0 Å². The first-order valence-electron chi connectivity index (χ1n) is 6.18. The second-order valence-electron chi connectivity index (χ2n) is 4.38. The van der Waals surface area contributed by atoms with E-state index in [1.807, 2.05) is 0 Å². The molecule has 2 aromatic rings. The van der Waals surface area contributed by atoms with Crippen molar-refractivity contribution in [2.75, 3.05) is 12.8 Å². The number of rotatable bonds is 5. The monoisotopic (exact) mass is 332 g/mol. The standard InChI is InChI=1S/C13H14F2N2O2S2/c1-3-21(18,19)17(2)7-12-16-11(8-20-12)13-9(14)5-4-6-10(13)15/h4-6,8H,3,7H2,1-2H3. The number of sulfonamides is 1. The van der Waals surface area contributed by atoms with Gasteiger partial charge in [0.1, 0.15) is 16.6 Å².